The summed E-state index contributed by atoms with van der Waals surface area (Å²) < 4.78 is 5.82. The van der Waals surface area contributed by atoms with E-state index in [0.717, 1.165) is 35.4 Å². The third-order valence-corrected chi connectivity index (χ3v) is 5.14. The van der Waals surface area contributed by atoms with Crippen LogP contribution in [-0.4, -0.2) is 17.8 Å². The number of amides is 1. The molecular weight excluding hydrogens is 314 g/mol. The molecule has 1 N–H and O–H groups in total. The second-order valence-electron chi connectivity index (χ2n) is 8.04. The first-order valence-electron chi connectivity index (χ1n) is 9.12. The number of carbonyl (C=O) groups excluding carboxylic acids is 2. The van der Waals surface area contributed by atoms with Gasteiger partial charge in [-0.05, 0) is 42.9 Å². The van der Waals surface area contributed by atoms with Crippen molar-refractivity contribution in [3.63, 3.8) is 0 Å². The summed E-state index contributed by atoms with van der Waals surface area (Å²) in [6.45, 7) is 8.28. The maximum Gasteiger partial charge on any atom is 0.225 e. The first-order chi connectivity index (χ1) is 11.8. The Bertz CT molecular complexity index is 715. The smallest absolute Gasteiger partial charge is 0.225 e. The van der Waals surface area contributed by atoms with Crippen LogP contribution < -0.4 is 10.1 Å². The minimum atomic E-state index is -0.148. The number of hydrogen-bond donors (Lipinski definition) is 1. The van der Waals surface area contributed by atoms with E-state index in [2.05, 4.69) is 26.1 Å². The highest BCUT2D eigenvalue weighted by Gasteiger charge is 2.40. The molecule has 0 aromatic heterocycles. The summed E-state index contributed by atoms with van der Waals surface area (Å²) in [4.78, 5) is 24.9. The number of hydrogen-bond acceptors (Lipinski definition) is 3. The fraction of sp³-hybridized carbons (Fsp3) is 0.524. The summed E-state index contributed by atoms with van der Waals surface area (Å²) in [5.74, 6) is 0.832. The van der Waals surface area contributed by atoms with E-state index in [1.165, 1.54) is 0 Å². The third-order valence-electron chi connectivity index (χ3n) is 5.14. The lowest BCUT2D eigenvalue weighted by Gasteiger charge is -2.37. The van der Waals surface area contributed by atoms with E-state index in [1.54, 1.807) is 0 Å². The van der Waals surface area contributed by atoms with Crippen LogP contribution >= 0.6 is 0 Å². The summed E-state index contributed by atoms with van der Waals surface area (Å²) >= 11 is 0. The number of allylic oxidation sites excluding steroid dienone is 2. The van der Waals surface area contributed by atoms with Crippen LogP contribution in [-0.2, 0) is 9.59 Å². The average Bonchev–Trinajstić information content (AvgIpc) is 2.53. The molecule has 25 heavy (non-hydrogen) atoms. The van der Waals surface area contributed by atoms with Gasteiger partial charge in [-0.25, -0.2) is 0 Å². The van der Waals surface area contributed by atoms with Gasteiger partial charge in [-0.1, -0.05) is 32.9 Å². The molecule has 0 saturated heterocycles. The van der Waals surface area contributed by atoms with E-state index in [1.807, 2.05) is 31.2 Å². The molecule has 0 spiro atoms. The van der Waals surface area contributed by atoms with Crippen molar-refractivity contribution < 1.29 is 14.3 Å². The average molecular weight is 341 g/mol. The van der Waals surface area contributed by atoms with E-state index in [-0.39, 0.29) is 29.1 Å². The van der Waals surface area contributed by atoms with Gasteiger partial charge < -0.3 is 10.1 Å². The monoisotopic (exact) mass is 341 g/mol. The van der Waals surface area contributed by atoms with Crippen molar-refractivity contribution >= 4 is 11.7 Å². The van der Waals surface area contributed by atoms with Crippen LogP contribution in [0, 0.1) is 5.41 Å². The molecule has 4 nitrogen and oxygen atoms in total. The Hall–Kier alpha value is -2.10. The van der Waals surface area contributed by atoms with Crippen molar-refractivity contribution in [2.75, 3.05) is 0 Å². The lowest BCUT2D eigenvalue weighted by Crippen LogP contribution is -2.40. The summed E-state index contributed by atoms with van der Waals surface area (Å²) in [5.41, 5.74) is 2.53. The Morgan fingerprint density at radius 1 is 1.20 bits per heavy atom. The van der Waals surface area contributed by atoms with Gasteiger partial charge in [0.15, 0.2) is 5.78 Å². The molecule has 1 aliphatic heterocycles. The second-order valence-corrected chi connectivity index (χ2v) is 8.04. The molecule has 1 aliphatic carbocycles. The quantitative estimate of drug-likeness (QED) is 0.896. The number of ketones is 1. The van der Waals surface area contributed by atoms with Gasteiger partial charge in [0.25, 0.3) is 0 Å². The van der Waals surface area contributed by atoms with Gasteiger partial charge in [0.1, 0.15) is 5.75 Å². The molecule has 4 heteroatoms. The minimum absolute atomic E-state index is 0.00539. The third kappa shape index (κ3) is 3.78. The molecule has 1 amide bonds. The maximum atomic E-state index is 12.8. The van der Waals surface area contributed by atoms with Gasteiger partial charge in [0, 0.05) is 30.0 Å². The predicted molar refractivity (Wildman–Crippen MR) is 97.4 cm³/mol. The van der Waals surface area contributed by atoms with E-state index in [4.69, 9.17) is 4.74 Å². The maximum absolute atomic E-state index is 12.8. The van der Waals surface area contributed by atoms with Crippen LogP contribution in [0.5, 0.6) is 5.75 Å². The fourth-order valence-corrected chi connectivity index (χ4v) is 3.74. The van der Waals surface area contributed by atoms with Crippen LogP contribution in [0.15, 0.2) is 35.5 Å². The first kappa shape index (κ1) is 17.7. The van der Waals surface area contributed by atoms with Gasteiger partial charge in [-0.3, -0.25) is 9.59 Å². The van der Waals surface area contributed by atoms with Crippen molar-refractivity contribution in [3.8, 4) is 5.75 Å². The number of Topliss-reactive ketones (excluding diaryl/α,β-unsaturated/α-hetero) is 1. The Kier molecular flexibility index (Phi) is 4.72. The normalized spacial score (nSPS) is 23.8. The first-order valence-corrected chi connectivity index (χ1v) is 9.12. The molecule has 2 atom stereocenters. The Morgan fingerprint density at radius 2 is 1.88 bits per heavy atom. The zero-order valence-electron chi connectivity index (χ0n) is 15.5. The molecule has 0 fully saturated rings. The number of rotatable bonds is 4. The molecule has 0 bridgehead atoms. The van der Waals surface area contributed by atoms with Gasteiger partial charge in [-0.2, -0.15) is 0 Å². The Morgan fingerprint density at radius 3 is 2.52 bits per heavy atom. The number of ether oxygens (including phenoxy) is 1. The van der Waals surface area contributed by atoms with Crippen LogP contribution in [0.25, 0.3) is 0 Å². The summed E-state index contributed by atoms with van der Waals surface area (Å²) in [5, 5.41) is 2.94. The van der Waals surface area contributed by atoms with Crippen LogP contribution in [0.1, 0.15) is 64.9 Å². The summed E-state index contributed by atoms with van der Waals surface area (Å²) in [6.07, 6.45) is 2.73. The number of benzene rings is 1. The predicted octanol–water partition coefficient (Wildman–Crippen LogP) is 4.11. The minimum Gasteiger partial charge on any atom is -0.491 e. The van der Waals surface area contributed by atoms with Crippen molar-refractivity contribution in [2.24, 2.45) is 5.41 Å². The molecule has 3 rings (SSSR count). The lowest BCUT2D eigenvalue weighted by molar-refractivity contribution is -0.122. The zero-order valence-corrected chi connectivity index (χ0v) is 15.5. The van der Waals surface area contributed by atoms with Crippen molar-refractivity contribution in [1.82, 2.24) is 5.32 Å². The standard InChI is InChI=1S/C21H27NO3/c1-5-13(2)25-15-8-6-14(7-9-15)16-10-19(24)22-17-11-21(3,4)12-18(23)20(16)17/h6-9,13,16H,5,10-12H2,1-4H3,(H,22,24)/t13-,16+/m1/s1. The molecule has 0 unspecified atom stereocenters. The molecule has 1 aromatic carbocycles. The second kappa shape index (κ2) is 6.66. The largest absolute Gasteiger partial charge is 0.491 e. The number of nitrogens with one attached hydrogen (secondary N) is 1. The molecule has 0 radical (unpaired) electrons. The SMILES string of the molecule is CC[C@@H](C)Oc1ccc([C@@H]2CC(=O)NC3=C2C(=O)CC(C)(C)C3)cc1. The Labute approximate surface area is 149 Å². The molecule has 0 saturated carbocycles. The Balaban J connectivity index is 1.90. The van der Waals surface area contributed by atoms with Gasteiger partial charge in [0.2, 0.25) is 5.91 Å². The van der Waals surface area contributed by atoms with Gasteiger partial charge in [0.05, 0.1) is 6.10 Å². The summed E-state index contributed by atoms with van der Waals surface area (Å²) in [6, 6.07) is 7.84. The van der Waals surface area contributed by atoms with E-state index >= 15 is 0 Å². The summed E-state index contributed by atoms with van der Waals surface area (Å²) in [7, 11) is 0. The van der Waals surface area contributed by atoms with Crippen molar-refractivity contribution in [1.29, 1.82) is 0 Å². The van der Waals surface area contributed by atoms with Gasteiger partial charge >= 0.3 is 0 Å². The highest BCUT2D eigenvalue weighted by molar-refractivity contribution is 6.02. The van der Waals surface area contributed by atoms with Crippen molar-refractivity contribution in [2.45, 2.75) is 65.4 Å². The van der Waals surface area contributed by atoms with E-state index < -0.39 is 0 Å². The van der Waals surface area contributed by atoms with E-state index in [9.17, 15) is 9.59 Å². The topological polar surface area (TPSA) is 55.4 Å². The van der Waals surface area contributed by atoms with Crippen molar-refractivity contribution in [3.05, 3.63) is 41.1 Å². The molecular formula is C21H27NO3. The molecule has 134 valence electrons. The molecule has 1 aromatic rings. The highest BCUT2D eigenvalue weighted by Crippen LogP contribution is 2.44. The number of carbonyl (C=O) groups is 2. The van der Waals surface area contributed by atoms with Crippen LogP contribution in [0.4, 0.5) is 0 Å². The highest BCUT2D eigenvalue weighted by atomic mass is 16.5. The lowest BCUT2D eigenvalue weighted by atomic mass is 9.70. The van der Waals surface area contributed by atoms with Crippen LogP contribution in [0.3, 0.4) is 0 Å². The van der Waals surface area contributed by atoms with Gasteiger partial charge in [-0.15, -0.1) is 0 Å². The van der Waals surface area contributed by atoms with Crippen LogP contribution in [0.2, 0.25) is 0 Å². The van der Waals surface area contributed by atoms with E-state index in [0.29, 0.717) is 12.8 Å². The zero-order chi connectivity index (χ0) is 18.2. The fourth-order valence-electron chi connectivity index (χ4n) is 3.74. The molecule has 2 aliphatic rings. The molecule has 1 heterocycles.